The topological polar surface area (TPSA) is 20.2 Å². The van der Waals surface area contributed by atoms with Gasteiger partial charge in [-0.3, -0.25) is 0 Å². The van der Waals surface area contributed by atoms with Crippen molar-refractivity contribution in [2.45, 2.75) is 58.3 Å². The number of aromatic hydroxyl groups is 1. The molecule has 0 radical (unpaired) electrons. The smallest absolute Gasteiger partial charge is 0.118 e. The highest BCUT2D eigenvalue weighted by molar-refractivity contribution is 5.46. The van der Waals surface area contributed by atoms with Crippen molar-refractivity contribution in [3.05, 3.63) is 28.8 Å². The van der Waals surface area contributed by atoms with Gasteiger partial charge in [-0.15, -0.1) is 0 Å². The van der Waals surface area contributed by atoms with Crippen LogP contribution in [0.15, 0.2) is 12.1 Å². The summed E-state index contributed by atoms with van der Waals surface area (Å²) < 4.78 is 0. The SMILES string of the molecule is Cc1cc2c(cc1O)C(C)CCCC2(C)C. The Morgan fingerprint density at radius 2 is 2.00 bits per heavy atom. The molecule has 0 saturated carbocycles. The number of aryl methyl sites for hydroxylation is 1. The molecule has 0 amide bonds. The lowest BCUT2D eigenvalue weighted by atomic mass is 9.78. The van der Waals surface area contributed by atoms with Gasteiger partial charge >= 0.3 is 0 Å². The summed E-state index contributed by atoms with van der Waals surface area (Å²) in [7, 11) is 0. The highest BCUT2D eigenvalue weighted by Gasteiger charge is 2.29. The van der Waals surface area contributed by atoms with Crippen molar-refractivity contribution in [2.75, 3.05) is 0 Å². The van der Waals surface area contributed by atoms with Gasteiger partial charge in [0.2, 0.25) is 0 Å². The van der Waals surface area contributed by atoms with Crippen molar-refractivity contribution in [2.24, 2.45) is 0 Å². The van der Waals surface area contributed by atoms with Crippen LogP contribution in [0, 0.1) is 6.92 Å². The molecule has 1 nitrogen and oxygen atoms in total. The Kier molecular flexibility index (Phi) is 2.73. The summed E-state index contributed by atoms with van der Waals surface area (Å²) in [6.07, 6.45) is 3.76. The lowest BCUT2D eigenvalue weighted by Crippen LogP contribution is -2.17. The summed E-state index contributed by atoms with van der Waals surface area (Å²) in [5.74, 6) is 1.02. The third kappa shape index (κ3) is 1.83. The second-order valence-electron chi connectivity index (χ2n) is 5.90. The van der Waals surface area contributed by atoms with E-state index in [2.05, 4.69) is 26.8 Å². The van der Waals surface area contributed by atoms with Gasteiger partial charge in [0.05, 0.1) is 0 Å². The monoisotopic (exact) mass is 218 g/mol. The second kappa shape index (κ2) is 3.80. The molecule has 1 heteroatoms. The Morgan fingerprint density at radius 1 is 1.31 bits per heavy atom. The van der Waals surface area contributed by atoms with E-state index < -0.39 is 0 Å². The van der Waals surface area contributed by atoms with E-state index in [-0.39, 0.29) is 5.41 Å². The Morgan fingerprint density at radius 3 is 2.69 bits per heavy atom. The minimum absolute atomic E-state index is 0.249. The van der Waals surface area contributed by atoms with Crippen LogP contribution in [0.25, 0.3) is 0 Å². The first-order chi connectivity index (χ1) is 7.42. The molecule has 1 atom stereocenters. The van der Waals surface area contributed by atoms with Crippen LogP contribution < -0.4 is 0 Å². The van der Waals surface area contributed by atoms with Crippen LogP contribution in [0.5, 0.6) is 5.75 Å². The first-order valence-electron chi connectivity index (χ1n) is 6.26. The molecule has 0 spiro atoms. The van der Waals surface area contributed by atoms with Crippen LogP contribution in [0.4, 0.5) is 0 Å². The van der Waals surface area contributed by atoms with Gasteiger partial charge in [0.15, 0.2) is 0 Å². The molecule has 0 heterocycles. The van der Waals surface area contributed by atoms with Gasteiger partial charge in [0.1, 0.15) is 5.75 Å². The Labute approximate surface area is 98.5 Å². The predicted octanol–water partition coefficient (Wildman–Crippen LogP) is 4.27. The van der Waals surface area contributed by atoms with Gasteiger partial charge in [-0.25, -0.2) is 0 Å². The van der Waals surface area contributed by atoms with Gasteiger partial charge in [0, 0.05) is 0 Å². The van der Waals surface area contributed by atoms with Crippen molar-refractivity contribution < 1.29 is 5.11 Å². The molecule has 16 heavy (non-hydrogen) atoms. The molecule has 0 aromatic heterocycles. The normalized spacial score (nSPS) is 23.6. The molecule has 1 aliphatic rings. The molecule has 1 N–H and O–H groups in total. The van der Waals surface area contributed by atoms with Crippen molar-refractivity contribution >= 4 is 0 Å². The van der Waals surface area contributed by atoms with Crippen LogP contribution in [-0.4, -0.2) is 5.11 Å². The van der Waals surface area contributed by atoms with E-state index in [1.807, 2.05) is 13.0 Å². The second-order valence-corrected chi connectivity index (χ2v) is 5.90. The fraction of sp³-hybridized carbons (Fsp3) is 0.600. The molecule has 1 aromatic rings. The molecule has 1 unspecified atom stereocenters. The maximum absolute atomic E-state index is 9.86. The van der Waals surface area contributed by atoms with Crippen LogP contribution in [-0.2, 0) is 5.41 Å². The van der Waals surface area contributed by atoms with Gasteiger partial charge in [-0.05, 0) is 53.9 Å². The van der Waals surface area contributed by atoms with Crippen molar-refractivity contribution in [3.63, 3.8) is 0 Å². The zero-order valence-corrected chi connectivity index (χ0v) is 10.8. The average molecular weight is 218 g/mol. The fourth-order valence-corrected chi connectivity index (χ4v) is 2.85. The number of hydrogen-bond acceptors (Lipinski definition) is 1. The van der Waals surface area contributed by atoms with E-state index in [1.54, 1.807) is 0 Å². The predicted molar refractivity (Wildman–Crippen MR) is 68.1 cm³/mol. The first kappa shape index (κ1) is 11.5. The summed E-state index contributed by atoms with van der Waals surface area (Å²) in [5.41, 5.74) is 4.04. The minimum Gasteiger partial charge on any atom is -0.508 e. The number of rotatable bonds is 0. The van der Waals surface area contributed by atoms with E-state index in [4.69, 9.17) is 0 Å². The largest absolute Gasteiger partial charge is 0.508 e. The van der Waals surface area contributed by atoms with E-state index in [0.717, 1.165) is 5.56 Å². The number of phenolic OH excluding ortho intramolecular Hbond substituents is 1. The van der Waals surface area contributed by atoms with Gasteiger partial charge < -0.3 is 5.11 Å². The van der Waals surface area contributed by atoms with E-state index in [0.29, 0.717) is 11.7 Å². The third-order valence-corrected chi connectivity index (χ3v) is 4.07. The number of hydrogen-bond donors (Lipinski definition) is 1. The first-order valence-corrected chi connectivity index (χ1v) is 6.26. The molecule has 1 aromatic carbocycles. The summed E-state index contributed by atoms with van der Waals surface area (Å²) in [6, 6.07) is 4.18. The number of fused-ring (bicyclic) bond motifs is 1. The molecule has 0 fully saturated rings. The summed E-state index contributed by atoms with van der Waals surface area (Å²) in [4.78, 5) is 0. The highest BCUT2D eigenvalue weighted by Crippen LogP contribution is 2.42. The standard InChI is InChI=1S/C15H22O/c1-10-6-5-7-15(3,4)13-8-11(2)14(16)9-12(10)13/h8-10,16H,5-7H2,1-4H3. The molecule has 0 saturated heterocycles. The van der Waals surface area contributed by atoms with E-state index >= 15 is 0 Å². The zero-order valence-electron chi connectivity index (χ0n) is 10.8. The van der Waals surface area contributed by atoms with Crippen molar-refractivity contribution in [3.8, 4) is 5.75 Å². The molecular formula is C15H22O. The molecular weight excluding hydrogens is 196 g/mol. The maximum Gasteiger partial charge on any atom is 0.118 e. The lowest BCUT2D eigenvalue weighted by molar-refractivity contribution is 0.459. The van der Waals surface area contributed by atoms with Gasteiger partial charge in [0.25, 0.3) is 0 Å². The molecule has 88 valence electrons. The van der Waals surface area contributed by atoms with Crippen molar-refractivity contribution in [1.29, 1.82) is 0 Å². The van der Waals surface area contributed by atoms with Crippen LogP contribution in [0.1, 0.15) is 62.6 Å². The minimum atomic E-state index is 0.249. The summed E-state index contributed by atoms with van der Waals surface area (Å²) in [6.45, 7) is 8.90. The average Bonchev–Trinajstić information content (AvgIpc) is 2.29. The number of phenols is 1. The van der Waals surface area contributed by atoms with E-state index in [9.17, 15) is 5.11 Å². The molecule has 0 bridgehead atoms. The summed E-state index contributed by atoms with van der Waals surface area (Å²) in [5, 5.41) is 9.86. The maximum atomic E-state index is 9.86. The van der Waals surface area contributed by atoms with Crippen LogP contribution in [0.3, 0.4) is 0 Å². The van der Waals surface area contributed by atoms with Gasteiger partial charge in [-0.2, -0.15) is 0 Å². The third-order valence-electron chi connectivity index (χ3n) is 4.07. The summed E-state index contributed by atoms with van der Waals surface area (Å²) >= 11 is 0. The number of benzene rings is 1. The highest BCUT2D eigenvalue weighted by atomic mass is 16.3. The van der Waals surface area contributed by atoms with E-state index in [1.165, 1.54) is 30.4 Å². The Hall–Kier alpha value is -0.980. The fourth-order valence-electron chi connectivity index (χ4n) is 2.85. The van der Waals surface area contributed by atoms with Gasteiger partial charge in [-0.1, -0.05) is 33.3 Å². The Balaban J connectivity index is 2.63. The quantitative estimate of drug-likeness (QED) is 0.645. The molecule has 1 aliphatic carbocycles. The lowest BCUT2D eigenvalue weighted by Gasteiger charge is -2.27. The molecule has 0 aliphatic heterocycles. The Bertz CT molecular complexity index is 404. The van der Waals surface area contributed by atoms with Crippen molar-refractivity contribution in [1.82, 2.24) is 0 Å². The molecule has 2 rings (SSSR count). The van der Waals surface area contributed by atoms with Crippen LogP contribution in [0.2, 0.25) is 0 Å². The van der Waals surface area contributed by atoms with Crippen LogP contribution >= 0.6 is 0 Å². The zero-order chi connectivity index (χ0) is 11.9.